The van der Waals surface area contributed by atoms with Crippen LogP contribution in [0.2, 0.25) is 0 Å². The van der Waals surface area contributed by atoms with Gasteiger partial charge in [-0.3, -0.25) is 0 Å². The van der Waals surface area contributed by atoms with E-state index in [4.69, 9.17) is 9.47 Å². The zero-order valence-corrected chi connectivity index (χ0v) is 14.0. The van der Waals surface area contributed by atoms with Gasteiger partial charge in [-0.25, -0.2) is 0 Å². The zero-order valence-electron chi connectivity index (χ0n) is 14.0. The molecule has 0 amide bonds. The minimum Gasteiger partial charge on any atom is -0.381 e. The monoisotopic (exact) mass is 273 g/mol. The number of nitrogens with one attached hydrogen (secondary N) is 1. The molecule has 3 nitrogen and oxygen atoms in total. The van der Waals surface area contributed by atoms with Crippen molar-refractivity contribution >= 4 is 0 Å². The van der Waals surface area contributed by atoms with Crippen molar-refractivity contribution in [2.24, 2.45) is 0 Å². The summed E-state index contributed by atoms with van der Waals surface area (Å²) >= 11 is 0. The fourth-order valence-corrected chi connectivity index (χ4v) is 1.67. The van der Waals surface area contributed by atoms with Gasteiger partial charge in [0.25, 0.3) is 0 Å². The fourth-order valence-electron chi connectivity index (χ4n) is 1.67. The van der Waals surface area contributed by atoms with E-state index in [0.717, 1.165) is 26.2 Å². The van der Waals surface area contributed by atoms with Crippen molar-refractivity contribution in [1.82, 2.24) is 5.32 Å². The number of rotatable bonds is 11. The van der Waals surface area contributed by atoms with Crippen LogP contribution in [0.5, 0.6) is 0 Å². The Hall–Kier alpha value is -0.120. The lowest BCUT2D eigenvalue weighted by atomic mass is 10.1. The summed E-state index contributed by atoms with van der Waals surface area (Å²) in [6.07, 6.45) is 5.94. The summed E-state index contributed by atoms with van der Waals surface area (Å²) in [6, 6.07) is 0. The third-order valence-electron chi connectivity index (χ3n) is 3.27. The first-order valence-corrected chi connectivity index (χ1v) is 7.65. The first-order valence-electron chi connectivity index (χ1n) is 7.65. The SMILES string of the molecule is COC(C)(C)CCOCCCCCCNC(C)(C)C. The van der Waals surface area contributed by atoms with Gasteiger partial charge in [-0.2, -0.15) is 0 Å². The molecule has 0 aromatic heterocycles. The van der Waals surface area contributed by atoms with Crippen LogP contribution < -0.4 is 5.32 Å². The molecular formula is C16H35NO2. The molecule has 0 unspecified atom stereocenters. The van der Waals surface area contributed by atoms with Crippen LogP contribution in [0.15, 0.2) is 0 Å². The van der Waals surface area contributed by atoms with Crippen LogP contribution in [-0.4, -0.2) is 38.0 Å². The van der Waals surface area contributed by atoms with E-state index in [1.807, 2.05) is 0 Å². The normalized spacial score (nSPS) is 12.9. The molecule has 0 saturated carbocycles. The van der Waals surface area contributed by atoms with Crippen molar-refractivity contribution in [1.29, 1.82) is 0 Å². The van der Waals surface area contributed by atoms with Gasteiger partial charge in [-0.05, 0) is 60.4 Å². The average molecular weight is 273 g/mol. The van der Waals surface area contributed by atoms with Crippen molar-refractivity contribution in [3.8, 4) is 0 Å². The predicted molar refractivity (Wildman–Crippen MR) is 82.7 cm³/mol. The van der Waals surface area contributed by atoms with Gasteiger partial charge in [-0.15, -0.1) is 0 Å². The molecule has 1 N–H and O–H groups in total. The second kappa shape index (κ2) is 9.73. The van der Waals surface area contributed by atoms with Gasteiger partial charge in [0.15, 0.2) is 0 Å². The highest BCUT2D eigenvalue weighted by molar-refractivity contribution is 4.69. The van der Waals surface area contributed by atoms with Crippen LogP contribution in [0.3, 0.4) is 0 Å². The molecule has 0 fully saturated rings. The molecule has 0 aliphatic rings. The molecule has 116 valence electrons. The lowest BCUT2D eigenvalue weighted by Gasteiger charge is -2.22. The van der Waals surface area contributed by atoms with E-state index >= 15 is 0 Å². The lowest BCUT2D eigenvalue weighted by molar-refractivity contribution is -0.0101. The number of ether oxygens (including phenoxy) is 2. The van der Waals surface area contributed by atoms with Gasteiger partial charge in [0, 0.05) is 25.9 Å². The van der Waals surface area contributed by atoms with E-state index in [1.165, 1.54) is 25.7 Å². The average Bonchev–Trinajstić information content (AvgIpc) is 2.30. The Morgan fingerprint density at radius 1 is 0.842 bits per heavy atom. The second-order valence-corrected chi connectivity index (χ2v) is 6.92. The smallest absolute Gasteiger partial charge is 0.0644 e. The summed E-state index contributed by atoms with van der Waals surface area (Å²) in [6.45, 7) is 13.6. The van der Waals surface area contributed by atoms with Gasteiger partial charge in [0.1, 0.15) is 0 Å². The molecule has 0 saturated heterocycles. The molecule has 0 rings (SSSR count). The Bertz CT molecular complexity index is 209. The highest BCUT2D eigenvalue weighted by Gasteiger charge is 2.15. The molecule has 0 heterocycles. The minimum absolute atomic E-state index is 0.0569. The van der Waals surface area contributed by atoms with Crippen molar-refractivity contribution in [2.45, 2.75) is 77.9 Å². The van der Waals surface area contributed by atoms with Gasteiger partial charge in [0.2, 0.25) is 0 Å². The van der Waals surface area contributed by atoms with Gasteiger partial charge in [-0.1, -0.05) is 12.8 Å². The first kappa shape index (κ1) is 18.9. The molecule has 0 aromatic carbocycles. The first-order chi connectivity index (χ1) is 8.77. The Morgan fingerprint density at radius 2 is 1.47 bits per heavy atom. The Morgan fingerprint density at radius 3 is 2.05 bits per heavy atom. The molecule has 3 heteroatoms. The summed E-state index contributed by atoms with van der Waals surface area (Å²) in [5, 5.41) is 3.51. The maximum Gasteiger partial charge on any atom is 0.0644 e. The Labute approximate surface area is 120 Å². The Kier molecular flexibility index (Phi) is 9.67. The van der Waals surface area contributed by atoms with Crippen molar-refractivity contribution < 1.29 is 9.47 Å². The molecule has 0 aliphatic heterocycles. The third-order valence-corrected chi connectivity index (χ3v) is 3.27. The predicted octanol–water partition coefficient (Wildman–Crippen LogP) is 3.77. The minimum atomic E-state index is -0.0569. The fraction of sp³-hybridized carbons (Fsp3) is 1.00. The van der Waals surface area contributed by atoms with E-state index < -0.39 is 0 Å². The molecule has 0 spiro atoms. The molecule has 0 atom stereocenters. The van der Waals surface area contributed by atoms with Gasteiger partial charge < -0.3 is 14.8 Å². The van der Waals surface area contributed by atoms with E-state index in [2.05, 4.69) is 39.9 Å². The summed E-state index contributed by atoms with van der Waals surface area (Å²) < 4.78 is 11.0. The summed E-state index contributed by atoms with van der Waals surface area (Å²) in [4.78, 5) is 0. The standard InChI is InChI=1S/C16H35NO2/c1-15(2,3)17-12-9-7-8-10-13-19-14-11-16(4,5)18-6/h17H,7-14H2,1-6H3. The molecular weight excluding hydrogens is 238 g/mol. The van der Waals surface area contributed by atoms with E-state index in [-0.39, 0.29) is 11.1 Å². The van der Waals surface area contributed by atoms with Crippen LogP contribution in [0.25, 0.3) is 0 Å². The van der Waals surface area contributed by atoms with Crippen LogP contribution in [0.4, 0.5) is 0 Å². The van der Waals surface area contributed by atoms with Crippen LogP contribution >= 0.6 is 0 Å². The third kappa shape index (κ3) is 14.1. The van der Waals surface area contributed by atoms with Gasteiger partial charge in [0.05, 0.1) is 5.60 Å². The molecule has 0 radical (unpaired) electrons. The lowest BCUT2D eigenvalue weighted by Crippen LogP contribution is -2.36. The van der Waals surface area contributed by atoms with Crippen LogP contribution in [0, 0.1) is 0 Å². The number of hydrogen-bond acceptors (Lipinski definition) is 3. The maximum absolute atomic E-state index is 5.64. The maximum atomic E-state index is 5.64. The van der Waals surface area contributed by atoms with Crippen LogP contribution in [-0.2, 0) is 9.47 Å². The summed E-state index contributed by atoms with van der Waals surface area (Å²) in [5.41, 5.74) is 0.190. The highest BCUT2D eigenvalue weighted by atomic mass is 16.5. The number of hydrogen-bond donors (Lipinski definition) is 1. The summed E-state index contributed by atoms with van der Waals surface area (Å²) in [5.74, 6) is 0. The second-order valence-electron chi connectivity index (χ2n) is 6.92. The Balaban J connectivity index is 3.20. The van der Waals surface area contributed by atoms with Gasteiger partial charge >= 0.3 is 0 Å². The van der Waals surface area contributed by atoms with E-state index in [0.29, 0.717) is 0 Å². The molecule has 0 bridgehead atoms. The van der Waals surface area contributed by atoms with Crippen LogP contribution in [0.1, 0.15) is 66.7 Å². The molecule has 19 heavy (non-hydrogen) atoms. The van der Waals surface area contributed by atoms with Crippen molar-refractivity contribution in [2.75, 3.05) is 26.9 Å². The van der Waals surface area contributed by atoms with E-state index in [9.17, 15) is 0 Å². The largest absolute Gasteiger partial charge is 0.381 e. The highest BCUT2D eigenvalue weighted by Crippen LogP contribution is 2.12. The summed E-state index contributed by atoms with van der Waals surface area (Å²) in [7, 11) is 1.76. The van der Waals surface area contributed by atoms with E-state index in [1.54, 1.807) is 7.11 Å². The molecule has 0 aromatic rings. The van der Waals surface area contributed by atoms with Crippen molar-refractivity contribution in [3.63, 3.8) is 0 Å². The topological polar surface area (TPSA) is 30.5 Å². The van der Waals surface area contributed by atoms with Crippen molar-refractivity contribution in [3.05, 3.63) is 0 Å². The number of methoxy groups -OCH3 is 1. The quantitative estimate of drug-likeness (QED) is 0.581. The molecule has 0 aliphatic carbocycles. The number of unbranched alkanes of at least 4 members (excludes halogenated alkanes) is 3. The zero-order chi connectivity index (χ0) is 14.8.